The standard InChI is InChI=1S/C14H16BrNS/c1-10-3-5-11(6-4-10)7-14(16-2)12-8-17-9-13(12)15/h3-6,8-9,14,16H,7H2,1-2H3. The highest BCUT2D eigenvalue weighted by Gasteiger charge is 2.13. The van der Waals surface area contributed by atoms with Crippen molar-refractivity contribution in [3.63, 3.8) is 0 Å². The van der Waals surface area contributed by atoms with E-state index in [1.165, 1.54) is 21.2 Å². The number of hydrogen-bond acceptors (Lipinski definition) is 2. The molecule has 1 N–H and O–H groups in total. The van der Waals surface area contributed by atoms with Crippen LogP contribution in [0.4, 0.5) is 0 Å². The fourth-order valence-electron chi connectivity index (χ4n) is 1.87. The van der Waals surface area contributed by atoms with Gasteiger partial charge in [0.05, 0.1) is 0 Å². The van der Waals surface area contributed by atoms with Crippen LogP contribution in [-0.2, 0) is 6.42 Å². The average molecular weight is 310 g/mol. The van der Waals surface area contributed by atoms with E-state index in [2.05, 4.69) is 63.2 Å². The Morgan fingerprint density at radius 1 is 1.24 bits per heavy atom. The second kappa shape index (κ2) is 5.80. The van der Waals surface area contributed by atoms with Crippen LogP contribution in [0, 0.1) is 6.92 Å². The third-order valence-corrected chi connectivity index (χ3v) is 4.68. The van der Waals surface area contributed by atoms with Gasteiger partial charge in [0, 0.05) is 15.9 Å². The van der Waals surface area contributed by atoms with E-state index in [1.807, 2.05) is 7.05 Å². The lowest BCUT2D eigenvalue weighted by atomic mass is 10.0. The number of aryl methyl sites for hydroxylation is 1. The molecule has 0 aliphatic rings. The first-order valence-corrected chi connectivity index (χ1v) is 7.38. The lowest BCUT2D eigenvalue weighted by Gasteiger charge is -2.16. The maximum atomic E-state index is 3.60. The van der Waals surface area contributed by atoms with E-state index in [-0.39, 0.29) is 0 Å². The van der Waals surface area contributed by atoms with Crippen molar-refractivity contribution < 1.29 is 0 Å². The lowest BCUT2D eigenvalue weighted by Crippen LogP contribution is -2.18. The first-order chi connectivity index (χ1) is 8.20. The smallest absolute Gasteiger partial charge is 0.0377 e. The summed E-state index contributed by atoms with van der Waals surface area (Å²) in [4.78, 5) is 0. The van der Waals surface area contributed by atoms with Crippen molar-refractivity contribution in [2.75, 3.05) is 7.05 Å². The van der Waals surface area contributed by atoms with Gasteiger partial charge in [0.25, 0.3) is 0 Å². The van der Waals surface area contributed by atoms with Gasteiger partial charge in [-0.05, 0) is 52.8 Å². The van der Waals surface area contributed by atoms with Gasteiger partial charge < -0.3 is 5.32 Å². The number of nitrogens with one attached hydrogen (secondary N) is 1. The topological polar surface area (TPSA) is 12.0 Å². The van der Waals surface area contributed by atoms with Gasteiger partial charge in [0.2, 0.25) is 0 Å². The van der Waals surface area contributed by atoms with Gasteiger partial charge in [0.15, 0.2) is 0 Å². The molecule has 0 saturated heterocycles. The summed E-state index contributed by atoms with van der Waals surface area (Å²) in [5.74, 6) is 0. The van der Waals surface area contributed by atoms with Crippen LogP contribution in [0.25, 0.3) is 0 Å². The van der Waals surface area contributed by atoms with Crippen LogP contribution in [0.2, 0.25) is 0 Å². The van der Waals surface area contributed by atoms with Crippen LogP contribution in [0.1, 0.15) is 22.7 Å². The second-order valence-electron chi connectivity index (χ2n) is 4.21. The molecular formula is C14H16BrNS. The van der Waals surface area contributed by atoms with Crippen LogP contribution in [0.3, 0.4) is 0 Å². The van der Waals surface area contributed by atoms with E-state index in [4.69, 9.17) is 0 Å². The van der Waals surface area contributed by atoms with Crippen LogP contribution in [0.5, 0.6) is 0 Å². The van der Waals surface area contributed by atoms with E-state index in [0.29, 0.717) is 6.04 Å². The summed E-state index contributed by atoms with van der Waals surface area (Å²) >= 11 is 5.34. The van der Waals surface area contributed by atoms with Crippen LogP contribution >= 0.6 is 27.3 Å². The third kappa shape index (κ3) is 3.18. The Hall–Kier alpha value is -0.640. The summed E-state index contributed by atoms with van der Waals surface area (Å²) < 4.78 is 1.20. The normalized spacial score (nSPS) is 12.6. The van der Waals surface area contributed by atoms with Crippen molar-refractivity contribution in [2.24, 2.45) is 0 Å². The van der Waals surface area contributed by atoms with E-state index >= 15 is 0 Å². The largest absolute Gasteiger partial charge is 0.313 e. The zero-order valence-corrected chi connectivity index (χ0v) is 12.4. The molecule has 0 aliphatic heterocycles. The molecule has 0 spiro atoms. The minimum atomic E-state index is 0.373. The maximum Gasteiger partial charge on any atom is 0.0377 e. The van der Waals surface area contributed by atoms with Crippen molar-refractivity contribution >= 4 is 27.3 Å². The Morgan fingerprint density at radius 3 is 2.47 bits per heavy atom. The Bertz CT molecular complexity index is 475. The van der Waals surface area contributed by atoms with Crippen molar-refractivity contribution in [1.29, 1.82) is 0 Å². The fraction of sp³-hybridized carbons (Fsp3) is 0.286. The molecule has 17 heavy (non-hydrogen) atoms. The zero-order valence-electron chi connectivity index (χ0n) is 10.0. The quantitative estimate of drug-likeness (QED) is 0.886. The molecule has 2 aromatic rings. The van der Waals surface area contributed by atoms with Gasteiger partial charge in [-0.1, -0.05) is 29.8 Å². The molecule has 0 saturated carbocycles. The van der Waals surface area contributed by atoms with E-state index < -0.39 is 0 Å². The Kier molecular flexibility index (Phi) is 4.37. The monoisotopic (exact) mass is 309 g/mol. The number of hydrogen-bond donors (Lipinski definition) is 1. The van der Waals surface area contributed by atoms with Crippen molar-refractivity contribution in [1.82, 2.24) is 5.32 Å². The number of benzene rings is 1. The molecule has 3 heteroatoms. The summed E-state index contributed by atoms with van der Waals surface area (Å²) in [6.07, 6.45) is 1.02. The summed E-state index contributed by atoms with van der Waals surface area (Å²) in [7, 11) is 2.02. The van der Waals surface area contributed by atoms with Crippen LogP contribution in [0.15, 0.2) is 39.5 Å². The highest BCUT2D eigenvalue weighted by atomic mass is 79.9. The number of halogens is 1. The number of rotatable bonds is 4. The molecule has 0 bridgehead atoms. The predicted molar refractivity (Wildman–Crippen MR) is 78.7 cm³/mol. The molecule has 1 aromatic heterocycles. The SMILES string of the molecule is CNC(Cc1ccc(C)cc1)c1cscc1Br. The van der Waals surface area contributed by atoms with Gasteiger partial charge >= 0.3 is 0 Å². The molecule has 1 nitrogen and oxygen atoms in total. The summed E-state index contributed by atoms with van der Waals surface area (Å²) in [6.45, 7) is 2.12. The highest BCUT2D eigenvalue weighted by molar-refractivity contribution is 9.10. The summed E-state index contributed by atoms with van der Waals surface area (Å²) in [6, 6.07) is 9.13. The van der Waals surface area contributed by atoms with E-state index in [0.717, 1.165) is 6.42 Å². The highest BCUT2D eigenvalue weighted by Crippen LogP contribution is 2.29. The molecule has 2 rings (SSSR count). The Morgan fingerprint density at radius 2 is 1.94 bits per heavy atom. The first kappa shape index (κ1) is 12.8. The molecule has 1 atom stereocenters. The first-order valence-electron chi connectivity index (χ1n) is 5.65. The Balaban J connectivity index is 2.16. The predicted octanol–water partition coefficient (Wildman–Crippen LogP) is 4.32. The molecule has 1 unspecified atom stereocenters. The molecule has 0 fully saturated rings. The minimum absolute atomic E-state index is 0.373. The van der Waals surface area contributed by atoms with Gasteiger partial charge in [-0.3, -0.25) is 0 Å². The molecule has 1 aromatic carbocycles. The minimum Gasteiger partial charge on any atom is -0.313 e. The average Bonchev–Trinajstić information content (AvgIpc) is 2.75. The van der Waals surface area contributed by atoms with Gasteiger partial charge in [-0.25, -0.2) is 0 Å². The fourth-order valence-corrected chi connectivity index (χ4v) is 3.49. The van der Waals surface area contributed by atoms with Gasteiger partial charge in [-0.15, -0.1) is 0 Å². The van der Waals surface area contributed by atoms with Crippen molar-refractivity contribution in [3.05, 3.63) is 56.2 Å². The molecule has 90 valence electrons. The van der Waals surface area contributed by atoms with E-state index in [9.17, 15) is 0 Å². The third-order valence-electron chi connectivity index (χ3n) is 2.93. The molecule has 0 amide bonds. The van der Waals surface area contributed by atoms with Crippen LogP contribution in [-0.4, -0.2) is 7.05 Å². The summed E-state index contributed by atoms with van der Waals surface area (Å²) in [5.41, 5.74) is 4.03. The number of likely N-dealkylation sites (N-methyl/N-ethyl adjacent to an activating group) is 1. The molecular weight excluding hydrogens is 294 g/mol. The van der Waals surface area contributed by atoms with Gasteiger partial charge in [0.1, 0.15) is 0 Å². The van der Waals surface area contributed by atoms with Gasteiger partial charge in [-0.2, -0.15) is 11.3 Å². The number of thiophene rings is 1. The lowest BCUT2D eigenvalue weighted by molar-refractivity contribution is 0.592. The van der Waals surface area contributed by atoms with E-state index in [1.54, 1.807) is 11.3 Å². The van der Waals surface area contributed by atoms with Crippen molar-refractivity contribution in [2.45, 2.75) is 19.4 Å². The van der Waals surface area contributed by atoms with Crippen molar-refractivity contribution in [3.8, 4) is 0 Å². The second-order valence-corrected chi connectivity index (χ2v) is 5.80. The van der Waals surface area contributed by atoms with Crippen LogP contribution < -0.4 is 5.32 Å². The molecule has 0 radical (unpaired) electrons. The Labute approximate surface area is 115 Å². The molecule has 1 heterocycles. The zero-order chi connectivity index (χ0) is 12.3. The summed E-state index contributed by atoms with van der Waals surface area (Å²) in [5, 5.41) is 7.73. The maximum absolute atomic E-state index is 3.60. The molecule has 0 aliphatic carbocycles.